The fraction of sp³-hybridized carbons (Fsp3) is 0.600. The Kier molecular flexibility index (Phi) is 7.60. The number of nitrogens with zero attached hydrogens (tertiary/aromatic N) is 1. The molecule has 1 fully saturated rings. The van der Waals surface area contributed by atoms with Crippen LogP contribution in [0.3, 0.4) is 0 Å². The van der Waals surface area contributed by atoms with Crippen molar-refractivity contribution in [3.8, 4) is 11.5 Å². The Labute approximate surface area is 146 Å². The summed E-state index contributed by atoms with van der Waals surface area (Å²) < 4.78 is 11.2. The molecule has 0 bridgehead atoms. The van der Waals surface area contributed by atoms with Crippen molar-refractivity contribution in [2.24, 2.45) is 0 Å². The number of aliphatic hydroxyl groups excluding tert-OH is 1. The minimum Gasteiger partial charge on any atom is -0.493 e. The van der Waals surface area contributed by atoms with Gasteiger partial charge in [-0.15, -0.1) is 0 Å². The van der Waals surface area contributed by atoms with Crippen LogP contribution in [0.15, 0.2) is 24.3 Å². The maximum atomic E-state index is 10.3. The molecule has 0 radical (unpaired) electrons. The van der Waals surface area contributed by atoms with E-state index in [2.05, 4.69) is 11.9 Å². The predicted molar refractivity (Wildman–Crippen MR) is 98.7 cm³/mol. The first kappa shape index (κ1) is 18.8. The highest BCUT2D eigenvalue weighted by atomic mass is 16.5. The number of benzene rings is 1. The molecule has 1 atom stereocenters. The van der Waals surface area contributed by atoms with Gasteiger partial charge in [0.05, 0.1) is 7.11 Å². The van der Waals surface area contributed by atoms with Crippen molar-refractivity contribution in [1.29, 1.82) is 0 Å². The molecule has 24 heavy (non-hydrogen) atoms. The second kappa shape index (κ2) is 9.70. The van der Waals surface area contributed by atoms with Crippen molar-refractivity contribution < 1.29 is 14.6 Å². The quantitative estimate of drug-likeness (QED) is 0.787. The fourth-order valence-electron chi connectivity index (χ4n) is 3.34. The van der Waals surface area contributed by atoms with Crippen LogP contribution in [-0.4, -0.2) is 49.5 Å². The highest BCUT2D eigenvalue weighted by Crippen LogP contribution is 2.29. The lowest BCUT2D eigenvalue weighted by Crippen LogP contribution is -2.40. The first-order valence-electron chi connectivity index (χ1n) is 8.96. The third-order valence-electron chi connectivity index (χ3n) is 4.67. The van der Waals surface area contributed by atoms with Gasteiger partial charge in [-0.1, -0.05) is 37.5 Å². The summed E-state index contributed by atoms with van der Waals surface area (Å²) in [5.74, 6) is 1.36. The number of aliphatic hydroxyl groups is 1. The average Bonchev–Trinajstić information content (AvgIpc) is 2.61. The van der Waals surface area contributed by atoms with Gasteiger partial charge in [-0.2, -0.15) is 0 Å². The molecule has 1 aliphatic rings. The van der Waals surface area contributed by atoms with E-state index < -0.39 is 6.10 Å². The van der Waals surface area contributed by atoms with Gasteiger partial charge in [0.2, 0.25) is 0 Å². The summed E-state index contributed by atoms with van der Waals surface area (Å²) in [5, 5.41) is 10.3. The maximum absolute atomic E-state index is 10.3. The fourth-order valence-corrected chi connectivity index (χ4v) is 3.34. The number of likely N-dealkylation sites (N-methyl/N-ethyl adjacent to an activating group) is 1. The van der Waals surface area contributed by atoms with Gasteiger partial charge >= 0.3 is 0 Å². The normalized spacial score (nSPS) is 17.4. The van der Waals surface area contributed by atoms with Gasteiger partial charge in [0.15, 0.2) is 11.5 Å². The van der Waals surface area contributed by atoms with E-state index in [0.29, 0.717) is 24.1 Å². The summed E-state index contributed by atoms with van der Waals surface area (Å²) in [5.41, 5.74) is 1.07. The molecular formula is C20H31NO3. The summed E-state index contributed by atoms with van der Waals surface area (Å²) in [6.45, 7) is 2.90. The molecule has 0 saturated heterocycles. The lowest BCUT2D eigenvalue weighted by molar-refractivity contribution is 0.0553. The van der Waals surface area contributed by atoms with Crippen LogP contribution in [0.4, 0.5) is 0 Å². The molecule has 1 aliphatic carbocycles. The molecule has 0 amide bonds. The molecule has 1 aromatic carbocycles. The van der Waals surface area contributed by atoms with Gasteiger partial charge < -0.3 is 19.5 Å². The molecule has 2 rings (SSSR count). The average molecular weight is 333 g/mol. The Bertz CT molecular complexity index is 524. The zero-order chi connectivity index (χ0) is 17.4. The number of hydrogen-bond acceptors (Lipinski definition) is 4. The minimum atomic E-state index is -0.503. The van der Waals surface area contributed by atoms with E-state index in [0.717, 1.165) is 5.56 Å². The molecule has 1 aromatic rings. The van der Waals surface area contributed by atoms with Gasteiger partial charge in [0.25, 0.3) is 0 Å². The van der Waals surface area contributed by atoms with E-state index >= 15 is 0 Å². The number of allylic oxidation sites excluding steroid dienone is 1. The van der Waals surface area contributed by atoms with Crippen LogP contribution < -0.4 is 9.47 Å². The van der Waals surface area contributed by atoms with Gasteiger partial charge in [-0.25, -0.2) is 0 Å². The lowest BCUT2D eigenvalue weighted by Gasteiger charge is -2.32. The third kappa shape index (κ3) is 5.53. The summed E-state index contributed by atoms with van der Waals surface area (Å²) in [6.07, 6.45) is 9.93. The predicted octanol–water partition coefficient (Wildman–Crippen LogP) is 3.73. The van der Waals surface area contributed by atoms with Gasteiger partial charge in [-0.05, 0) is 44.5 Å². The standard InChI is InChI=1S/C20H31NO3/c1-4-8-16-11-12-19(20(13-16)23-3)24-15-18(22)14-21(2)17-9-6-5-7-10-17/h4,8,11-13,17-18,22H,5-7,9-10,14-15H2,1-3H3/b8-4+/t18-/m0/s1. The molecule has 0 aromatic heterocycles. The van der Waals surface area contributed by atoms with Crippen LogP contribution >= 0.6 is 0 Å². The molecule has 134 valence electrons. The first-order chi connectivity index (χ1) is 11.6. The van der Waals surface area contributed by atoms with E-state index in [4.69, 9.17) is 9.47 Å². The zero-order valence-corrected chi connectivity index (χ0v) is 15.2. The van der Waals surface area contributed by atoms with Crippen LogP contribution in [-0.2, 0) is 0 Å². The topological polar surface area (TPSA) is 41.9 Å². The van der Waals surface area contributed by atoms with Gasteiger partial charge in [-0.3, -0.25) is 0 Å². The van der Waals surface area contributed by atoms with Gasteiger partial charge in [0.1, 0.15) is 12.7 Å². The molecule has 0 aliphatic heterocycles. The molecule has 4 heteroatoms. The van der Waals surface area contributed by atoms with Crippen LogP contribution in [0.2, 0.25) is 0 Å². The lowest BCUT2D eigenvalue weighted by atomic mass is 9.94. The Morgan fingerprint density at radius 1 is 1.25 bits per heavy atom. The second-order valence-corrected chi connectivity index (χ2v) is 6.61. The SMILES string of the molecule is C/C=C/c1ccc(OC[C@@H](O)CN(C)C2CCCCC2)c(OC)c1. The van der Waals surface area contributed by atoms with Crippen LogP contribution in [0.5, 0.6) is 11.5 Å². The number of methoxy groups -OCH3 is 1. The van der Waals surface area contributed by atoms with Crippen LogP contribution in [0.25, 0.3) is 6.08 Å². The number of ether oxygens (including phenoxy) is 2. The van der Waals surface area contributed by atoms with Crippen molar-refractivity contribution in [3.63, 3.8) is 0 Å². The summed E-state index contributed by atoms with van der Waals surface area (Å²) in [7, 11) is 3.74. The Morgan fingerprint density at radius 2 is 2.00 bits per heavy atom. The molecule has 4 nitrogen and oxygen atoms in total. The first-order valence-corrected chi connectivity index (χ1v) is 8.96. The Morgan fingerprint density at radius 3 is 2.67 bits per heavy atom. The Hall–Kier alpha value is -1.52. The Balaban J connectivity index is 1.85. The third-order valence-corrected chi connectivity index (χ3v) is 4.67. The summed E-state index contributed by atoms with van der Waals surface area (Å²) >= 11 is 0. The summed E-state index contributed by atoms with van der Waals surface area (Å²) in [6, 6.07) is 6.42. The van der Waals surface area contributed by atoms with E-state index in [-0.39, 0.29) is 6.61 Å². The van der Waals surface area contributed by atoms with Crippen molar-refractivity contribution in [3.05, 3.63) is 29.8 Å². The van der Waals surface area contributed by atoms with Crippen molar-refractivity contribution in [2.45, 2.75) is 51.2 Å². The number of hydrogen-bond donors (Lipinski definition) is 1. The highest BCUT2D eigenvalue weighted by Gasteiger charge is 2.20. The van der Waals surface area contributed by atoms with E-state index in [9.17, 15) is 5.11 Å². The summed E-state index contributed by atoms with van der Waals surface area (Å²) in [4.78, 5) is 2.28. The monoisotopic (exact) mass is 333 g/mol. The maximum Gasteiger partial charge on any atom is 0.161 e. The number of rotatable bonds is 8. The highest BCUT2D eigenvalue weighted by molar-refractivity contribution is 5.55. The molecular weight excluding hydrogens is 302 g/mol. The van der Waals surface area contributed by atoms with E-state index in [1.165, 1.54) is 32.1 Å². The van der Waals surface area contributed by atoms with Crippen molar-refractivity contribution in [1.82, 2.24) is 4.90 Å². The molecule has 0 unspecified atom stereocenters. The molecule has 1 N–H and O–H groups in total. The molecule has 1 saturated carbocycles. The largest absolute Gasteiger partial charge is 0.493 e. The van der Waals surface area contributed by atoms with E-state index in [1.807, 2.05) is 37.3 Å². The van der Waals surface area contributed by atoms with Crippen LogP contribution in [0.1, 0.15) is 44.6 Å². The van der Waals surface area contributed by atoms with E-state index in [1.54, 1.807) is 7.11 Å². The van der Waals surface area contributed by atoms with Crippen LogP contribution in [0, 0.1) is 0 Å². The van der Waals surface area contributed by atoms with Crippen molar-refractivity contribution in [2.75, 3.05) is 27.3 Å². The molecule has 0 spiro atoms. The zero-order valence-electron chi connectivity index (χ0n) is 15.2. The minimum absolute atomic E-state index is 0.274. The van der Waals surface area contributed by atoms with Crippen molar-refractivity contribution >= 4 is 6.08 Å². The second-order valence-electron chi connectivity index (χ2n) is 6.61. The molecule has 0 heterocycles. The smallest absolute Gasteiger partial charge is 0.161 e. The van der Waals surface area contributed by atoms with Gasteiger partial charge in [0, 0.05) is 12.6 Å².